The number of para-hydroxylation sites is 1. The van der Waals surface area contributed by atoms with Crippen LogP contribution in [0.5, 0.6) is 5.75 Å². The van der Waals surface area contributed by atoms with Crippen molar-refractivity contribution in [3.8, 4) is 5.75 Å². The number of sulfonamides is 1. The highest BCUT2D eigenvalue weighted by atomic mass is 32.2. The average molecular weight is 453 g/mol. The van der Waals surface area contributed by atoms with Gasteiger partial charge in [0.2, 0.25) is 10.0 Å². The SMILES string of the molecule is CCC(Oc1ccccc1C)C(=O)Nc1ccc(S(=O)(=O)NCCc2ccccc2)cc1. The molecule has 32 heavy (non-hydrogen) atoms. The number of hydrogen-bond acceptors (Lipinski definition) is 4. The first-order chi connectivity index (χ1) is 15.4. The lowest BCUT2D eigenvalue weighted by molar-refractivity contribution is -0.122. The van der Waals surface area contributed by atoms with Gasteiger partial charge in [0.05, 0.1) is 4.90 Å². The minimum absolute atomic E-state index is 0.145. The second kappa shape index (κ2) is 10.9. The fourth-order valence-corrected chi connectivity index (χ4v) is 4.19. The molecule has 3 aromatic carbocycles. The molecule has 0 saturated heterocycles. The summed E-state index contributed by atoms with van der Waals surface area (Å²) in [7, 11) is -3.63. The number of anilines is 1. The van der Waals surface area contributed by atoms with Crippen molar-refractivity contribution in [3.63, 3.8) is 0 Å². The van der Waals surface area contributed by atoms with Gasteiger partial charge in [0, 0.05) is 12.2 Å². The normalized spacial score (nSPS) is 12.2. The lowest BCUT2D eigenvalue weighted by Crippen LogP contribution is -2.32. The van der Waals surface area contributed by atoms with Crippen LogP contribution in [0, 0.1) is 6.92 Å². The Morgan fingerprint density at radius 2 is 1.59 bits per heavy atom. The molecule has 2 N–H and O–H groups in total. The van der Waals surface area contributed by atoms with Gasteiger partial charge in [-0.3, -0.25) is 4.79 Å². The van der Waals surface area contributed by atoms with E-state index in [-0.39, 0.29) is 10.8 Å². The molecule has 3 rings (SSSR count). The van der Waals surface area contributed by atoms with Crippen LogP contribution in [0.3, 0.4) is 0 Å². The van der Waals surface area contributed by atoms with Gasteiger partial charge in [0.15, 0.2) is 6.10 Å². The number of amides is 1. The molecule has 168 valence electrons. The van der Waals surface area contributed by atoms with Crippen molar-refractivity contribution in [2.75, 3.05) is 11.9 Å². The summed E-state index contributed by atoms with van der Waals surface area (Å²) < 4.78 is 33.5. The standard InChI is InChI=1S/C25H28N2O4S/c1-3-23(31-24-12-8-7-9-19(24)2)25(28)27-21-13-15-22(16-14-21)32(29,30)26-18-17-20-10-5-4-6-11-20/h4-16,23,26H,3,17-18H2,1-2H3,(H,27,28). The molecule has 0 aliphatic carbocycles. The smallest absolute Gasteiger partial charge is 0.265 e. The zero-order chi connectivity index (χ0) is 23.0. The fourth-order valence-electron chi connectivity index (χ4n) is 3.16. The molecule has 0 bridgehead atoms. The minimum Gasteiger partial charge on any atom is -0.480 e. The predicted molar refractivity (Wildman–Crippen MR) is 126 cm³/mol. The third-order valence-corrected chi connectivity index (χ3v) is 6.48. The highest BCUT2D eigenvalue weighted by Crippen LogP contribution is 2.20. The van der Waals surface area contributed by atoms with Crippen LogP contribution in [0.4, 0.5) is 5.69 Å². The number of nitrogens with one attached hydrogen (secondary N) is 2. The number of hydrogen-bond donors (Lipinski definition) is 2. The molecule has 1 amide bonds. The minimum atomic E-state index is -3.63. The van der Waals surface area contributed by atoms with Gasteiger partial charge in [0.1, 0.15) is 5.75 Å². The summed E-state index contributed by atoms with van der Waals surface area (Å²) in [6.45, 7) is 4.10. The molecule has 7 heteroatoms. The van der Waals surface area contributed by atoms with Gasteiger partial charge in [-0.25, -0.2) is 13.1 Å². The maximum absolute atomic E-state index is 12.7. The summed E-state index contributed by atoms with van der Waals surface area (Å²) in [6.07, 6.45) is 0.449. The molecule has 0 aliphatic rings. The van der Waals surface area contributed by atoms with E-state index >= 15 is 0 Å². The number of rotatable bonds is 10. The number of aryl methyl sites for hydroxylation is 1. The van der Waals surface area contributed by atoms with Crippen LogP contribution in [0.1, 0.15) is 24.5 Å². The van der Waals surface area contributed by atoms with E-state index in [1.165, 1.54) is 12.1 Å². The zero-order valence-corrected chi connectivity index (χ0v) is 19.1. The van der Waals surface area contributed by atoms with Crippen molar-refractivity contribution >= 4 is 21.6 Å². The Bertz CT molecular complexity index is 1130. The summed E-state index contributed by atoms with van der Waals surface area (Å²) in [5.41, 5.74) is 2.52. The van der Waals surface area contributed by atoms with Crippen LogP contribution in [0.2, 0.25) is 0 Å². The van der Waals surface area contributed by atoms with Gasteiger partial charge in [-0.15, -0.1) is 0 Å². The van der Waals surface area contributed by atoms with Gasteiger partial charge in [-0.1, -0.05) is 55.5 Å². The zero-order valence-electron chi connectivity index (χ0n) is 18.2. The Morgan fingerprint density at radius 3 is 2.25 bits per heavy atom. The Morgan fingerprint density at radius 1 is 0.938 bits per heavy atom. The maximum Gasteiger partial charge on any atom is 0.265 e. The van der Waals surface area contributed by atoms with E-state index in [0.29, 0.717) is 30.8 Å². The molecule has 3 aromatic rings. The van der Waals surface area contributed by atoms with E-state index in [9.17, 15) is 13.2 Å². The third kappa shape index (κ3) is 6.42. The van der Waals surface area contributed by atoms with E-state index in [1.807, 2.05) is 68.4 Å². The largest absolute Gasteiger partial charge is 0.480 e. The number of carbonyl (C=O) groups excluding carboxylic acids is 1. The van der Waals surface area contributed by atoms with Crippen LogP contribution < -0.4 is 14.8 Å². The van der Waals surface area contributed by atoms with Crippen molar-refractivity contribution in [2.45, 2.75) is 37.7 Å². The quantitative estimate of drug-likeness (QED) is 0.480. The van der Waals surface area contributed by atoms with Gasteiger partial charge in [0.25, 0.3) is 5.91 Å². The molecule has 0 radical (unpaired) electrons. The Kier molecular flexibility index (Phi) is 8.03. The predicted octanol–water partition coefficient (Wildman–Crippen LogP) is 4.31. The maximum atomic E-state index is 12.7. The Hall–Kier alpha value is -3.16. The average Bonchev–Trinajstić information content (AvgIpc) is 2.79. The number of benzene rings is 3. The van der Waals surface area contributed by atoms with Crippen LogP contribution in [0.15, 0.2) is 83.8 Å². The molecule has 0 spiro atoms. The number of carbonyl (C=O) groups is 1. The summed E-state index contributed by atoms with van der Waals surface area (Å²) in [4.78, 5) is 12.8. The molecule has 6 nitrogen and oxygen atoms in total. The van der Waals surface area contributed by atoms with E-state index in [2.05, 4.69) is 10.0 Å². The first-order valence-electron chi connectivity index (χ1n) is 10.6. The highest BCUT2D eigenvalue weighted by molar-refractivity contribution is 7.89. The van der Waals surface area contributed by atoms with Crippen molar-refractivity contribution < 1.29 is 17.9 Å². The second-order valence-electron chi connectivity index (χ2n) is 7.43. The Balaban J connectivity index is 1.58. The summed E-state index contributed by atoms with van der Waals surface area (Å²) >= 11 is 0. The summed E-state index contributed by atoms with van der Waals surface area (Å²) in [5.74, 6) is 0.380. The van der Waals surface area contributed by atoms with Crippen molar-refractivity contribution in [3.05, 3.63) is 90.0 Å². The topological polar surface area (TPSA) is 84.5 Å². The third-order valence-electron chi connectivity index (χ3n) is 5.01. The summed E-state index contributed by atoms with van der Waals surface area (Å²) in [6, 6.07) is 23.3. The Labute approximate surface area is 189 Å². The molecule has 0 fully saturated rings. The first kappa shape index (κ1) is 23.5. The highest BCUT2D eigenvalue weighted by Gasteiger charge is 2.20. The summed E-state index contributed by atoms with van der Waals surface area (Å²) in [5, 5.41) is 2.80. The second-order valence-corrected chi connectivity index (χ2v) is 9.19. The van der Waals surface area contributed by atoms with Gasteiger partial charge in [-0.2, -0.15) is 0 Å². The molecule has 0 saturated carbocycles. The fraction of sp³-hybridized carbons (Fsp3) is 0.240. The van der Waals surface area contributed by atoms with Crippen molar-refractivity contribution in [2.24, 2.45) is 0 Å². The monoisotopic (exact) mass is 452 g/mol. The molecular weight excluding hydrogens is 424 g/mol. The van der Waals surface area contributed by atoms with Crippen LogP contribution in [0.25, 0.3) is 0 Å². The van der Waals surface area contributed by atoms with Crippen molar-refractivity contribution in [1.82, 2.24) is 4.72 Å². The van der Waals surface area contributed by atoms with E-state index in [4.69, 9.17) is 4.74 Å². The molecule has 0 heterocycles. The molecular formula is C25H28N2O4S. The van der Waals surface area contributed by atoms with Crippen LogP contribution >= 0.6 is 0 Å². The van der Waals surface area contributed by atoms with E-state index < -0.39 is 16.1 Å². The molecule has 1 atom stereocenters. The molecule has 0 aliphatic heterocycles. The lowest BCUT2D eigenvalue weighted by Gasteiger charge is -2.18. The first-order valence-corrected chi connectivity index (χ1v) is 12.0. The lowest BCUT2D eigenvalue weighted by atomic mass is 10.2. The number of ether oxygens (including phenoxy) is 1. The van der Waals surface area contributed by atoms with E-state index in [1.54, 1.807) is 12.1 Å². The van der Waals surface area contributed by atoms with E-state index in [0.717, 1.165) is 11.1 Å². The molecule has 0 aromatic heterocycles. The van der Waals surface area contributed by atoms with Gasteiger partial charge >= 0.3 is 0 Å². The van der Waals surface area contributed by atoms with Gasteiger partial charge < -0.3 is 10.1 Å². The van der Waals surface area contributed by atoms with Crippen LogP contribution in [-0.2, 0) is 21.2 Å². The van der Waals surface area contributed by atoms with Crippen LogP contribution in [-0.4, -0.2) is 27.0 Å². The van der Waals surface area contributed by atoms with Crippen molar-refractivity contribution in [1.29, 1.82) is 0 Å². The molecule has 1 unspecified atom stereocenters. The van der Waals surface area contributed by atoms with Gasteiger partial charge in [-0.05, 0) is 61.2 Å².